The van der Waals surface area contributed by atoms with E-state index in [0.29, 0.717) is 0 Å². The molecule has 0 atom stereocenters. The average molecular weight is 602 g/mol. The second-order valence-electron chi connectivity index (χ2n) is 10.6. The molecular weight excluding hydrogens is 583 g/mol. The third-order valence-corrected chi connectivity index (χ3v) is 10.1. The third-order valence-electron chi connectivity index (χ3n) is 8.33. The molecule has 0 saturated heterocycles. The summed E-state index contributed by atoms with van der Waals surface area (Å²) in [5.41, 5.74) is 9.35. The zero-order valence-corrected chi connectivity index (χ0v) is 24.5. The minimum absolute atomic E-state index is 0.789. The van der Waals surface area contributed by atoms with Gasteiger partial charge in [-0.2, -0.15) is 0 Å². The summed E-state index contributed by atoms with van der Waals surface area (Å²) in [5.74, 6) is 0. The lowest BCUT2D eigenvalue weighted by molar-refractivity contribution is 1.000. The number of rotatable bonds is 3. The number of aromatic nitrogens is 7. The van der Waals surface area contributed by atoms with E-state index >= 15 is 0 Å². The van der Waals surface area contributed by atoms with Crippen molar-refractivity contribution in [2.24, 2.45) is 0 Å². The molecule has 0 aliphatic carbocycles. The monoisotopic (exact) mass is 601 g/mol. The van der Waals surface area contributed by atoms with Crippen LogP contribution in [0.3, 0.4) is 0 Å². The van der Waals surface area contributed by atoms with E-state index in [4.69, 9.17) is 19.9 Å². The highest BCUT2D eigenvalue weighted by Crippen LogP contribution is 2.38. The van der Waals surface area contributed by atoms with Crippen molar-refractivity contribution >= 4 is 83.2 Å². The summed E-state index contributed by atoms with van der Waals surface area (Å²) in [6.45, 7) is 0. The van der Waals surface area contributed by atoms with Gasteiger partial charge in [0.2, 0.25) is 0 Å². The molecule has 0 bridgehead atoms. The topological polar surface area (TPSA) is 73.3 Å². The smallest absolute Gasteiger partial charge is 0.165 e. The van der Waals surface area contributed by atoms with Crippen molar-refractivity contribution in [3.8, 4) is 11.3 Å². The second-order valence-corrected chi connectivity index (χ2v) is 12.5. The zero-order chi connectivity index (χ0) is 28.8. The van der Waals surface area contributed by atoms with Crippen LogP contribution in [0.1, 0.15) is 9.75 Å². The lowest BCUT2D eigenvalue weighted by Crippen LogP contribution is -2.24. The number of hydrogen-bond donors (Lipinski definition) is 0. The van der Waals surface area contributed by atoms with E-state index in [0.717, 1.165) is 87.0 Å². The highest BCUT2D eigenvalue weighted by molar-refractivity contribution is 7.13. The van der Waals surface area contributed by atoms with Gasteiger partial charge in [-0.25, -0.2) is 15.0 Å². The summed E-state index contributed by atoms with van der Waals surface area (Å²) in [6, 6.07) is 25.5. The summed E-state index contributed by atoms with van der Waals surface area (Å²) in [5, 5.41) is 8.63. The van der Waals surface area contributed by atoms with Crippen molar-refractivity contribution in [3.63, 3.8) is 0 Å². The number of pyridine rings is 1. The quantitative estimate of drug-likeness (QED) is 0.209. The van der Waals surface area contributed by atoms with E-state index in [2.05, 4.69) is 85.2 Å². The first-order valence-corrected chi connectivity index (χ1v) is 15.9. The van der Waals surface area contributed by atoms with Gasteiger partial charge in [-0.3, -0.25) is 18.8 Å². The lowest BCUT2D eigenvalue weighted by atomic mass is 10.1. The maximum Gasteiger partial charge on any atom is 0.165 e. The van der Waals surface area contributed by atoms with Gasteiger partial charge in [-0.1, -0.05) is 48.5 Å². The Morgan fingerprint density at radius 1 is 0.568 bits per heavy atom. The minimum atomic E-state index is 0.789. The molecule has 206 valence electrons. The lowest BCUT2D eigenvalue weighted by Gasteiger charge is -2.08. The van der Waals surface area contributed by atoms with Crippen LogP contribution >= 0.6 is 22.7 Å². The molecule has 0 amide bonds. The molecule has 44 heavy (non-hydrogen) atoms. The number of benzene rings is 2. The molecule has 9 heteroatoms. The number of thiophene rings is 2. The predicted octanol–water partition coefficient (Wildman–Crippen LogP) is 7.54. The third kappa shape index (κ3) is 3.17. The average Bonchev–Trinajstić information content (AvgIpc) is 3.89. The molecule has 0 radical (unpaired) electrons. The molecule has 0 spiro atoms. The maximum atomic E-state index is 5.25. The van der Waals surface area contributed by atoms with Crippen LogP contribution in [0.25, 0.3) is 71.7 Å². The Balaban J connectivity index is 1.60. The van der Waals surface area contributed by atoms with Gasteiger partial charge in [0, 0.05) is 61.7 Å². The van der Waals surface area contributed by atoms with Crippen LogP contribution in [-0.2, 0) is 0 Å². The van der Waals surface area contributed by atoms with Gasteiger partial charge in [0.05, 0.1) is 28.5 Å². The van der Waals surface area contributed by atoms with Crippen molar-refractivity contribution in [2.45, 2.75) is 0 Å². The first-order valence-electron chi connectivity index (χ1n) is 14.1. The largest absolute Gasteiger partial charge is 0.276 e. The number of hydrogen-bond acceptors (Lipinski definition) is 7. The SMILES string of the molecule is c1csc(C(c2cccs2)=c2n3c4nccnc4c4cccc(c5cccc6c7nc(-c8ccncc8)cnc7n2c56)c43)c1. The zero-order valence-electron chi connectivity index (χ0n) is 22.9. The molecule has 0 saturated carbocycles. The number of nitrogens with zero attached hydrogens (tertiary/aromatic N) is 7. The van der Waals surface area contributed by atoms with Gasteiger partial charge in [-0.15, -0.1) is 22.7 Å². The fourth-order valence-electron chi connectivity index (χ4n) is 6.59. The Labute approximate surface area is 257 Å². The van der Waals surface area contributed by atoms with E-state index in [-0.39, 0.29) is 0 Å². The van der Waals surface area contributed by atoms with Crippen molar-refractivity contribution in [3.05, 3.63) is 130 Å². The fraction of sp³-hybridized carbons (Fsp3) is 0. The number of fused-ring (bicyclic) bond motifs is 7. The highest BCUT2D eigenvalue weighted by atomic mass is 32.1. The first-order chi connectivity index (χ1) is 21.9. The Bertz CT molecular complexity index is 2720. The van der Waals surface area contributed by atoms with Gasteiger partial charge in [-0.05, 0) is 35.0 Å². The Kier molecular flexibility index (Phi) is 4.90. The van der Waals surface area contributed by atoms with E-state index in [1.807, 2.05) is 18.3 Å². The van der Waals surface area contributed by atoms with Gasteiger partial charge in [0.15, 0.2) is 11.3 Å². The Morgan fingerprint density at radius 2 is 1.18 bits per heavy atom. The van der Waals surface area contributed by atoms with Crippen LogP contribution in [0, 0.1) is 0 Å². The standard InChI is InChI=1S/C35H19N7S2/c1-5-21-22-6-2-8-24-30-34(39-19-25(40-30)20-11-13-36-14-12-20)42(32(22)24)35(28(26-9-3-17-43-26)27-10-4-18-44-27)41-31(21)23(7-1)29-33(41)38-16-15-37-29/h1-19H. The summed E-state index contributed by atoms with van der Waals surface area (Å²) >= 11 is 3.46. The maximum absolute atomic E-state index is 5.25. The van der Waals surface area contributed by atoms with Crippen molar-refractivity contribution in [1.82, 2.24) is 33.7 Å². The van der Waals surface area contributed by atoms with Crippen LogP contribution in [0.5, 0.6) is 0 Å². The summed E-state index contributed by atoms with van der Waals surface area (Å²) in [6.07, 6.45) is 9.00. The molecule has 0 fully saturated rings. The molecule has 8 aromatic heterocycles. The predicted molar refractivity (Wildman–Crippen MR) is 178 cm³/mol. The van der Waals surface area contributed by atoms with Gasteiger partial charge in [0.25, 0.3) is 0 Å². The minimum Gasteiger partial charge on any atom is -0.276 e. The summed E-state index contributed by atoms with van der Waals surface area (Å²) in [7, 11) is 0. The molecule has 10 aromatic rings. The van der Waals surface area contributed by atoms with Crippen LogP contribution < -0.4 is 5.48 Å². The van der Waals surface area contributed by atoms with Crippen molar-refractivity contribution in [2.75, 3.05) is 0 Å². The van der Waals surface area contributed by atoms with Gasteiger partial charge >= 0.3 is 0 Å². The van der Waals surface area contributed by atoms with Crippen molar-refractivity contribution < 1.29 is 0 Å². The van der Waals surface area contributed by atoms with Gasteiger partial charge in [0.1, 0.15) is 16.5 Å². The normalized spacial score (nSPS) is 12.1. The van der Waals surface area contributed by atoms with Crippen LogP contribution in [-0.4, -0.2) is 33.7 Å². The van der Waals surface area contributed by atoms with Crippen LogP contribution in [0.2, 0.25) is 0 Å². The molecule has 2 aromatic carbocycles. The van der Waals surface area contributed by atoms with E-state index < -0.39 is 0 Å². The summed E-state index contributed by atoms with van der Waals surface area (Å²) in [4.78, 5) is 26.8. The fourth-order valence-corrected chi connectivity index (χ4v) is 8.21. The molecule has 0 aliphatic heterocycles. The van der Waals surface area contributed by atoms with Crippen molar-refractivity contribution in [1.29, 1.82) is 0 Å². The molecule has 7 nitrogen and oxygen atoms in total. The molecule has 8 heterocycles. The molecule has 10 rings (SSSR count). The molecular formula is C35H19N7S2. The van der Waals surface area contributed by atoms with Crippen LogP contribution in [0.15, 0.2) is 115 Å². The molecule has 0 unspecified atom stereocenters. The molecule has 0 N–H and O–H groups in total. The van der Waals surface area contributed by atoms with E-state index in [1.54, 1.807) is 47.5 Å². The van der Waals surface area contributed by atoms with E-state index in [1.165, 1.54) is 0 Å². The second kappa shape index (κ2) is 9.00. The Hall–Kier alpha value is -5.51. The van der Waals surface area contributed by atoms with E-state index in [9.17, 15) is 0 Å². The van der Waals surface area contributed by atoms with Crippen LogP contribution in [0.4, 0.5) is 0 Å². The summed E-state index contributed by atoms with van der Waals surface area (Å²) < 4.78 is 4.62. The number of para-hydroxylation sites is 2. The highest BCUT2D eigenvalue weighted by Gasteiger charge is 2.24. The Morgan fingerprint density at radius 3 is 1.84 bits per heavy atom. The van der Waals surface area contributed by atoms with Gasteiger partial charge < -0.3 is 0 Å². The first kappa shape index (κ1) is 24.0. The molecule has 0 aliphatic rings.